The molecule has 0 radical (unpaired) electrons. The van der Waals surface area contributed by atoms with Gasteiger partial charge in [-0.15, -0.1) is 0 Å². The van der Waals surface area contributed by atoms with Crippen LogP contribution < -0.4 is 20.7 Å². The normalized spacial score (nSPS) is 13.0. The van der Waals surface area contributed by atoms with E-state index in [1.807, 2.05) is 13.0 Å². The quantitative estimate of drug-likeness (QED) is 0.524. The fourth-order valence-electron chi connectivity index (χ4n) is 2.99. The lowest BCUT2D eigenvalue weighted by Gasteiger charge is -2.20. The van der Waals surface area contributed by atoms with Crippen LogP contribution in [0.25, 0.3) is 10.9 Å². The molecule has 1 unspecified atom stereocenters. The van der Waals surface area contributed by atoms with E-state index in [9.17, 15) is 9.18 Å². The highest BCUT2D eigenvalue weighted by molar-refractivity contribution is 6.31. The number of nitrogens with zero attached hydrogens (tertiary/aromatic N) is 2. The monoisotopic (exact) mass is 431 g/mol. The van der Waals surface area contributed by atoms with Crippen molar-refractivity contribution in [3.63, 3.8) is 0 Å². The molecule has 9 heteroatoms. The number of halogens is 2. The fraction of sp³-hybridized carbons (Fsp3) is 0.286. The largest absolute Gasteiger partial charge is 0.496 e. The third kappa shape index (κ3) is 4.44. The van der Waals surface area contributed by atoms with E-state index < -0.39 is 5.82 Å². The molecule has 0 saturated heterocycles. The Morgan fingerprint density at radius 1 is 1.23 bits per heavy atom. The maximum absolute atomic E-state index is 14.4. The number of nitrogens with one attached hydrogen (secondary N) is 3. The lowest BCUT2D eigenvalue weighted by Crippen LogP contribution is -2.41. The number of methoxy groups -OCH3 is 1. The van der Waals surface area contributed by atoms with Crippen LogP contribution in [-0.2, 0) is 4.79 Å². The summed E-state index contributed by atoms with van der Waals surface area (Å²) in [5.74, 6) is 0.273. The first-order chi connectivity index (χ1) is 14.3. The molecule has 1 aromatic heterocycles. The summed E-state index contributed by atoms with van der Waals surface area (Å²) in [7, 11) is 3.27. The van der Waals surface area contributed by atoms with Gasteiger partial charge >= 0.3 is 0 Å². The van der Waals surface area contributed by atoms with Gasteiger partial charge in [-0.25, -0.2) is 14.4 Å². The van der Waals surface area contributed by atoms with Crippen molar-refractivity contribution in [3.05, 3.63) is 53.1 Å². The van der Waals surface area contributed by atoms with E-state index in [1.165, 1.54) is 12.4 Å². The van der Waals surface area contributed by atoms with Crippen molar-refractivity contribution in [2.75, 3.05) is 19.5 Å². The van der Waals surface area contributed by atoms with Crippen LogP contribution in [0, 0.1) is 5.82 Å². The number of rotatable bonds is 7. The molecular formula is C21H23ClFN5O2. The van der Waals surface area contributed by atoms with Crippen LogP contribution in [0.3, 0.4) is 0 Å². The van der Waals surface area contributed by atoms with Crippen LogP contribution in [0.4, 0.5) is 15.9 Å². The number of ether oxygens (including phenoxy) is 1. The minimum atomic E-state index is -0.568. The van der Waals surface area contributed by atoms with E-state index in [0.717, 1.165) is 5.56 Å². The van der Waals surface area contributed by atoms with Crippen molar-refractivity contribution in [2.24, 2.45) is 0 Å². The van der Waals surface area contributed by atoms with Crippen LogP contribution in [-0.4, -0.2) is 36.1 Å². The molecule has 0 aliphatic carbocycles. The molecule has 1 amide bonds. The van der Waals surface area contributed by atoms with E-state index in [2.05, 4.69) is 25.9 Å². The van der Waals surface area contributed by atoms with Crippen molar-refractivity contribution in [1.82, 2.24) is 20.6 Å². The number of aromatic nitrogens is 2. The summed E-state index contributed by atoms with van der Waals surface area (Å²) in [5.41, 5.74) is 1.55. The Hall–Kier alpha value is -2.97. The van der Waals surface area contributed by atoms with Crippen molar-refractivity contribution in [1.29, 1.82) is 0 Å². The highest BCUT2D eigenvalue weighted by atomic mass is 35.5. The molecule has 30 heavy (non-hydrogen) atoms. The molecule has 3 rings (SSSR count). The van der Waals surface area contributed by atoms with Crippen molar-refractivity contribution in [2.45, 2.75) is 25.9 Å². The van der Waals surface area contributed by atoms with E-state index in [4.69, 9.17) is 16.3 Å². The summed E-state index contributed by atoms with van der Waals surface area (Å²) in [6.07, 6.45) is 1.38. The lowest BCUT2D eigenvalue weighted by atomic mass is 10.0. The fourth-order valence-corrected chi connectivity index (χ4v) is 3.17. The molecule has 7 nitrogen and oxygen atoms in total. The second kappa shape index (κ2) is 9.23. The number of amides is 1. The molecule has 2 atom stereocenters. The first-order valence-electron chi connectivity index (χ1n) is 9.37. The first-order valence-corrected chi connectivity index (χ1v) is 9.74. The van der Waals surface area contributed by atoms with Crippen LogP contribution in [0.5, 0.6) is 5.75 Å². The number of anilines is 2. The number of likely N-dealkylation sites (N-methyl/N-ethyl adjacent to an activating group) is 1. The van der Waals surface area contributed by atoms with Gasteiger partial charge in [0.1, 0.15) is 17.9 Å². The third-order valence-corrected chi connectivity index (χ3v) is 5.13. The van der Waals surface area contributed by atoms with Gasteiger partial charge < -0.3 is 20.7 Å². The molecule has 0 spiro atoms. The molecule has 2 aromatic carbocycles. The zero-order valence-electron chi connectivity index (χ0n) is 17.1. The number of hydrogen-bond donors (Lipinski definition) is 3. The zero-order chi connectivity index (χ0) is 21.8. The summed E-state index contributed by atoms with van der Waals surface area (Å²) in [5, 5.41) is 9.50. The average Bonchev–Trinajstić information content (AvgIpc) is 2.75. The highest BCUT2D eigenvalue weighted by Gasteiger charge is 2.20. The minimum absolute atomic E-state index is 0.00991. The molecular weight excluding hydrogens is 409 g/mol. The number of carbonyl (C=O) groups is 1. The number of benzene rings is 2. The molecule has 0 bridgehead atoms. The maximum Gasteiger partial charge on any atom is 0.237 e. The van der Waals surface area contributed by atoms with Crippen LogP contribution in [0.1, 0.15) is 25.5 Å². The number of carbonyl (C=O) groups excluding carboxylic acids is 1. The Bertz CT molecular complexity index is 1080. The van der Waals surface area contributed by atoms with Crippen LogP contribution >= 0.6 is 11.6 Å². The molecule has 158 valence electrons. The summed E-state index contributed by atoms with van der Waals surface area (Å²) < 4.78 is 19.9. The van der Waals surface area contributed by atoms with Gasteiger partial charge in [0.25, 0.3) is 0 Å². The summed E-state index contributed by atoms with van der Waals surface area (Å²) in [4.78, 5) is 20.8. The minimum Gasteiger partial charge on any atom is -0.496 e. The molecule has 1 heterocycles. The lowest BCUT2D eigenvalue weighted by molar-refractivity contribution is -0.123. The van der Waals surface area contributed by atoms with Gasteiger partial charge in [-0.3, -0.25) is 4.79 Å². The second-order valence-corrected chi connectivity index (χ2v) is 7.21. The zero-order valence-corrected chi connectivity index (χ0v) is 17.8. The topological polar surface area (TPSA) is 88.2 Å². The molecule has 0 aliphatic rings. The van der Waals surface area contributed by atoms with Gasteiger partial charge in [-0.1, -0.05) is 17.7 Å². The van der Waals surface area contributed by atoms with E-state index >= 15 is 0 Å². The first kappa shape index (κ1) is 21.7. The Morgan fingerprint density at radius 2 is 2.00 bits per heavy atom. The predicted octanol–water partition coefficient (Wildman–Crippen LogP) is 3.96. The van der Waals surface area contributed by atoms with E-state index in [1.54, 1.807) is 39.3 Å². The predicted molar refractivity (Wildman–Crippen MR) is 116 cm³/mol. The average molecular weight is 432 g/mol. The van der Waals surface area contributed by atoms with Crippen molar-refractivity contribution >= 4 is 39.9 Å². The standard InChI is InChI=1S/C21H23ClFN5O2/c1-11(27-21(29)12(2)24-3)13-8-14-17(9-18(13)30-4)25-10-26-20(14)28-16-7-5-6-15(22)19(16)23/h5-12,24H,1-4H3,(H,27,29)(H,25,26,28)/t11?,12-/m1/s1. The Labute approximate surface area is 179 Å². The molecule has 3 N–H and O–H groups in total. The molecule has 0 aliphatic heterocycles. The van der Waals surface area contributed by atoms with Crippen LogP contribution in [0.2, 0.25) is 5.02 Å². The van der Waals surface area contributed by atoms with Crippen LogP contribution in [0.15, 0.2) is 36.7 Å². The summed E-state index contributed by atoms with van der Waals surface area (Å²) in [6, 6.07) is 7.59. The second-order valence-electron chi connectivity index (χ2n) is 6.80. The summed E-state index contributed by atoms with van der Waals surface area (Å²) in [6.45, 7) is 3.63. The Balaban J connectivity index is 2.03. The Morgan fingerprint density at radius 3 is 2.70 bits per heavy atom. The van der Waals surface area contributed by atoms with Gasteiger partial charge in [0, 0.05) is 17.0 Å². The highest BCUT2D eigenvalue weighted by Crippen LogP contribution is 2.34. The SMILES string of the molecule is CN[C@H](C)C(=O)NC(C)c1cc2c(Nc3cccc(Cl)c3F)ncnc2cc1OC. The number of hydrogen-bond acceptors (Lipinski definition) is 6. The van der Waals surface area contributed by atoms with Gasteiger partial charge in [-0.2, -0.15) is 0 Å². The van der Waals surface area contributed by atoms with Crippen molar-refractivity contribution in [3.8, 4) is 5.75 Å². The van der Waals surface area contributed by atoms with Gasteiger partial charge in [0.15, 0.2) is 5.82 Å². The molecule has 0 saturated carbocycles. The van der Waals surface area contributed by atoms with Crippen molar-refractivity contribution < 1.29 is 13.9 Å². The van der Waals surface area contributed by atoms with Gasteiger partial charge in [0.2, 0.25) is 5.91 Å². The van der Waals surface area contributed by atoms with E-state index in [-0.39, 0.29) is 28.7 Å². The smallest absolute Gasteiger partial charge is 0.237 e. The molecule has 0 fully saturated rings. The van der Waals surface area contributed by atoms with Gasteiger partial charge in [-0.05, 0) is 39.1 Å². The van der Waals surface area contributed by atoms with Gasteiger partial charge in [0.05, 0.1) is 35.4 Å². The Kier molecular flexibility index (Phi) is 6.69. The third-order valence-electron chi connectivity index (χ3n) is 4.84. The summed E-state index contributed by atoms with van der Waals surface area (Å²) >= 11 is 5.88. The number of fused-ring (bicyclic) bond motifs is 1. The van der Waals surface area contributed by atoms with E-state index in [0.29, 0.717) is 22.5 Å². The maximum atomic E-state index is 14.4. The molecule has 3 aromatic rings.